The van der Waals surface area contributed by atoms with Crippen LogP contribution in [0.15, 0.2) is 48.7 Å². The van der Waals surface area contributed by atoms with Gasteiger partial charge in [0.05, 0.1) is 13.2 Å². The highest BCUT2D eigenvalue weighted by atomic mass is 16.5. The first-order valence-corrected chi connectivity index (χ1v) is 11.1. The fourth-order valence-corrected chi connectivity index (χ4v) is 5.04. The van der Waals surface area contributed by atoms with Crippen molar-refractivity contribution in [3.8, 4) is 5.75 Å². The standard InChI is InChI=1S/C26H29N3O2/c1-29-16-17(19-8-3-4-11-24(19)29)7-5-12-25(30)27-23-10-6-9-20-21-15-18(31-2)13-14-22(21)28-26(20)23/h3-4,8,11,13-16,23,28H,5-7,9-10,12H2,1-2H3,(H,27,30). The van der Waals surface area contributed by atoms with Crippen molar-refractivity contribution in [1.29, 1.82) is 0 Å². The van der Waals surface area contributed by atoms with Crippen LogP contribution < -0.4 is 10.1 Å². The van der Waals surface area contributed by atoms with E-state index in [1.807, 2.05) is 6.07 Å². The number of H-pyrrole nitrogens is 1. The van der Waals surface area contributed by atoms with Crippen molar-refractivity contribution in [2.75, 3.05) is 7.11 Å². The van der Waals surface area contributed by atoms with Crippen LogP contribution in [-0.2, 0) is 24.7 Å². The molecule has 1 unspecified atom stereocenters. The van der Waals surface area contributed by atoms with Gasteiger partial charge in [0.15, 0.2) is 0 Å². The number of aromatic nitrogens is 2. The molecule has 1 aliphatic carbocycles. The van der Waals surface area contributed by atoms with E-state index in [0.717, 1.165) is 49.1 Å². The molecule has 5 nitrogen and oxygen atoms in total. The molecule has 1 atom stereocenters. The van der Waals surface area contributed by atoms with Crippen molar-refractivity contribution in [2.24, 2.45) is 7.05 Å². The molecule has 5 heteroatoms. The predicted octanol–water partition coefficient (Wildman–Crippen LogP) is 5.18. The Kier molecular flexibility index (Phi) is 5.18. The van der Waals surface area contributed by atoms with Crippen molar-refractivity contribution >= 4 is 27.7 Å². The van der Waals surface area contributed by atoms with E-state index in [4.69, 9.17) is 4.74 Å². The predicted molar refractivity (Wildman–Crippen MR) is 125 cm³/mol. The normalized spacial score (nSPS) is 15.9. The van der Waals surface area contributed by atoms with Gasteiger partial charge in [-0.1, -0.05) is 18.2 Å². The molecule has 5 rings (SSSR count). The maximum atomic E-state index is 12.7. The number of benzene rings is 2. The lowest BCUT2D eigenvalue weighted by atomic mass is 9.91. The summed E-state index contributed by atoms with van der Waals surface area (Å²) in [5.41, 5.74) is 6.16. The fraction of sp³-hybridized carbons (Fsp3) is 0.346. The number of aryl methyl sites for hydroxylation is 3. The van der Waals surface area contributed by atoms with Crippen LogP contribution >= 0.6 is 0 Å². The maximum Gasteiger partial charge on any atom is 0.220 e. The minimum Gasteiger partial charge on any atom is -0.497 e. The number of amides is 1. The van der Waals surface area contributed by atoms with Crippen molar-refractivity contribution in [3.63, 3.8) is 0 Å². The van der Waals surface area contributed by atoms with Gasteiger partial charge in [0.25, 0.3) is 0 Å². The molecule has 31 heavy (non-hydrogen) atoms. The van der Waals surface area contributed by atoms with Crippen molar-refractivity contribution < 1.29 is 9.53 Å². The molecule has 0 saturated carbocycles. The van der Waals surface area contributed by atoms with Crippen LogP contribution in [0, 0.1) is 0 Å². The van der Waals surface area contributed by atoms with Crippen LogP contribution in [0.3, 0.4) is 0 Å². The Bertz CT molecular complexity index is 1250. The summed E-state index contributed by atoms with van der Waals surface area (Å²) < 4.78 is 7.56. The van der Waals surface area contributed by atoms with Gasteiger partial charge in [-0.2, -0.15) is 0 Å². The number of hydrogen-bond acceptors (Lipinski definition) is 2. The average molecular weight is 416 g/mol. The van der Waals surface area contributed by atoms with Crippen LogP contribution in [-0.4, -0.2) is 22.6 Å². The molecule has 2 N–H and O–H groups in total. The molecule has 0 spiro atoms. The molecule has 0 fully saturated rings. The van der Waals surface area contributed by atoms with Crippen molar-refractivity contribution in [2.45, 2.75) is 44.6 Å². The number of fused-ring (bicyclic) bond motifs is 4. The topological polar surface area (TPSA) is 59.0 Å². The first-order valence-electron chi connectivity index (χ1n) is 11.1. The zero-order valence-electron chi connectivity index (χ0n) is 18.2. The average Bonchev–Trinajstić information content (AvgIpc) is 3.32. The third-order valence-electron chi connectivity index (χ3n) is 6.58. The SMILES string of the molecule is COc1ccc2[nH]c3c(c2c1)CCCC3NC(=O)CCCc1cn(C)c2ccccc12. The van der Waals surface area contributed by atoms with Crippen molar-refractivity contribution in [3.05, 3.63) is 65.5 Å². The van der Waals surface area contributed by atoms with E-state index in [-0.39, 0.29) is 11.9 Å². The largest absolute Gasteiger partial charge is 0.497 e. The summed E-state index contributed by atoms with van der Waals surface area (Å²) in [6.45, 7) is 0. The number of ether oxygens (including phenoxy) is 1. The smallest absolute Gasteiger partial charge is 0.220 e. The van der Waals surface area contributed by atoms with Gasteiger partial charge < -0.3 is 19.6 Å². The molecule has 160 valence electrons. The van der Waals surface area contributed by atoms with Gasteiger partial charge in [-0.15, -0.1) is 0 Å². The Morgan fingerprint density at radius 2 is 2.10 bits per heavy atom. The quantitative estimate of drug-likeness (QED) is 0.456. The Hall–Kier alpha value is -3.21. The summed E-state index contributed by atoms with van der Waals surface area (Å²) in [6.07, 6.45) is 7.60. The van der Waals surface area contributed by atoms with E-state index in [9.17, 15) is 4.79 Å². The number of para-hydroxylation sites is 1. The second-order valence-electron chi connectivity index (χ2n) is 8.58. The van der Waals surface area contributed by atoms with E-state index in [2.05, 4.69) is 64.5 Å². The van der Waals surface area contributed by atoms with Crippen LogP contribution in [0.1, 0.15) is 48.5 Å². The van der Waals surface area contributed by atoms with E-state index in [1.54, 1.807) is 7.11 Å². The molecule has 1 aliphatic rings. The van der Waals surface area contributed by atoms with Gasteiger partial charge in [-0.3, -0.25) is 4.79 Å². The van der Waals surface area contributed by atoms with Gasteiger partial charge in [0, 0.05) is 47.2 Å². The highest BCUT2D eigenvalue weighted by molar-refractivity contribution is 5.87. The highest BCUT2D eigenvalue weighted by Gasteiger charge is 2.25. The van der Waals surface area contributed by atoms with Crippen LogP contribution in [0.5, 0.6) is 5.75 Å². The lowest BCUT2D eigenvalue weighted by molar-refractivity contribution is -0.122. The second kappa shape index (κ2) is 8.14. The maximum absolute atomic E-state index is 12.7. The van der Waals surface area contributed by atoms with E-state index in [0.29, 0.717) is 6.42 Å². The Morgan fingerprint density at radius 3 is 2.97 bits per heavy atom. The molecule has 4 aromatic rings. The number of methoxy groups -OCH3 is 1. The van der Waals surface area contributed by atoms with Gasteiger partial charge in [0.2, 0.25) is 5.91 Å². The number of hydrogen-bond donors (Lipinski definition) is 2. The summed E-state index contributed by atoms with van der Waals surface area (Å²) in [5, 5.41) is 5.79. The molecular formula is C26H29N3O2. The minimum absolute atomic E-state index is 0.0622. The molecular weight excluding hydrogens is 386 g/mol. The number of rotatable bonds is 6. The molecule has 2 aromatic carbocycles. The lowest BCUT2D eigenvalue weighted by Crippen LogP contribution is -2.30. The number of nitrogens with zero attached hydrogens (tertiary/aromatic N) is 1. The molecule has 2 aromatic heterocycles. The number of aromatic amines is 1. The first-order chi connectivity index (χ1) is 15.1. The zero-order valence-corrected chi connectivity index (χ0v) is 18.2. The Morgan fingerprint density at radius 1 is 1.23 bits per heavy atom. The van der Waals surface area contributed by atoms with Crippen molar-refractivity contribution in [1.82, 2.24) is 14.9 Å². The summed E-state index contributed by atoms with van der Waals surface area (Å²) in [6, 6.07) is 14.7. The molecule has 1 amide bonds. The second-order valence-corrected chi connectivity index (χ2v) is 8.58. The summed E-state index contributed by atoms with van der Waals surface area (Å²) in [4.78, 5) is 16.3. The number of carbonyl (C=O) groups excluding carboxylic acids is 1. The zero-order chi connectivity index (χ0) is 21.4. The van der Waals surface area contributed by atoms with E-state index < -0.39 is 0 Å². The summed E-state index contributed by atoms with van der Waals surface area (Å²) >= 11 is 0. The van der Waals surface area contributed by atoms with Gasteiger partial charge in [-0.25, -0.2) is 0 Å². The van der Waals surface area contributed by atoms with E-state index >= 15 is 0 Å². The third-order valence-corrected chi connectivity index (χ3v) is 6.58. The molecule has 0 aliphatic heterocycles. The minimum atomic E-state index is 0.0622. The molecule has 0 radical (unpaired) electrons. The van der Waals surface area contributed by atoms with Gasteiger partial charge >= 0.3 is 0 Å². The molecule has 0 bridgehead atoms. The Balaban J connectivity index is 1.25. The fourth-order valence-electron chi connectivity index (χ4n) is 5.04. The number of nitrogens with one attached hydrogen (secondary N) is 2. The lowest BCUT2D eigenvalue weighted by Gasteiger charge is -2.24. The molecule has 0 saturated heterocycles. The number of carbonyl (C=O) groups is 1. The monoisotopic (exact) mass is 415 g/mol. The van der Waals surface area contributed by atoms with Gasteiger partial charge in [0.1, 0.15) is 5.75 Å². The summed E-state index contributed by atoms with van der Waals surface area (Å²) in [5.74, 6) is 1.00. The van der Waals surface area contributed by atoms with Gasteiger partial charge in [-0.05, 0) is 67.5 Å². The van der Waals surface area contributed by atoms with E-state index in [1.165, 1.54) is 27.4 Å². The van der Waals surface area contributed by atoms with Crippen LogP contribution in [0.25, 0.3) is 21.8 Å². The molecule has 2 heterocycles. The first kappa shape index (κ1) is 19.7. The summed E-state index contributed by atoms with van der Waals surface area (Å²) in [7, 11) is 3.77. The third kappa shape index (κ3) is 3.69. The van der Waals surface area contributed by atoms with Crippen LogP contribution in [0.4, 0.5) is 0 Å². The Labute approximate surface area is 182 Å². The van der Waals surface area contributed by atoms with Crippen LogP contribution in [0.2, 0.25) is 0 Å². The highest BCUT2D eigenvalue weighted by Crippen LogP contribution is 2.36.